The van der Waals surface area contributed by atoms with E-state index >= 15 is 0 Å². The highest BCUT2D eigenvalue weighted by molar-refractivity contribution is 5.78. The fraction of sp³-hybridized carbons (Fsp3) is 0. The molecule has 0 aliphatic carbocycles. The number of halogens is 5. The zero-order chi connectivity index (χ0) is 18.0. The highest BCUT2D eigenvalue weighted by atomic mass is 19.2. The Balaban J connectivity index is 1.80. The van der Waals surface area contributed by atoms with Gasteiger partial charge in [-0.1, -0.05) is 12.1 Å². The second kappa shape index (κ2) is 6.71. The topological polar surface area (TPSA) is 50.4 Å². The minimum absolute atomic E-state index is 0.113. The minimum Gasteiger partial charge on any atom is -0.455 e. The van der Waals surface area contributed by atoms with E-state index in [1.165, 1.54) is 30.3 Å². The molecule has 25 heavy (non-hydrogen) atoms. The van der Waals surface area contributed by atoms with E-state index in [9.17, 15) is 22.0 Å². The molecular formula is C16H8F5N3O. The number of pyridine rings is 1. The number of nitrogens with zero attached hydrogens (tertiary/aromatic N) is 2. The quantitative estimate of drug-likeness (QED) is 0.326. The molecule has 3 aromatic rings. The fourth-order valence-corrected chi connectivity index (χ4v) is 1.97. The smallest absolute Gasteiger partial charge is 0.254 e. The van der Waals surface area contributed by atoms with Crippen molar-refractivity contribution in [3.05, 3.63) is 71.5 Å². The van der Waals surface area contributed by atoms with Crippen LogP contribution >= 0.6 is 0 Å². The lowest BCUT2D eigenvalue weighted by Crippen LogP contribution is -2.05. The Labute approximate surface area is 137 Å². The molecule has 0 saturated heterocycles. The molecule has 4 nitrogen and oxygen atoms in total. The van der Waals surface area contributed by atoms with Crippen molar-refractivity contribution in [3.8, 4) is 11.3 Å². The average Bonchev–Trinajstić information content (AvgIpc) is 3.05. The molecule has 1 aromatic carbocycles. The number of hydrogen-bond acceptors (Lipinski definition) is 4. The summed E-state index contributed by atoms with van der Waals surface area (Å²) in [5.74, 6) is -7.23. The number of hydrogen-bond donors (Lipinski definition) is 1. The Hall–Kier alpha value is -3.23. The molecule has 0 radical (unpaired) electrons. The van der Waals surface area contributed by atoms with Crippen LogP contribution in [0.4, 0.5) is 27.6 Å². The number of hydrazone groups is 1. The maximum absolute atomic E-state index is 13.7. The van der Waals surface area contributed by atoms with Crippen molar-refractivity contribution in [1.29, 1.82) is 0 Å². The summed E-state index contributed by atoms with van der Waals surface area (Å²) in [4.78, 5) is 2.42. The van der Waals surface area contributed by atoms with Crippen molar-refractivity contribution < 1.29 is 26.4 Å². The zero-order valence-corrected chi connectivity index (χ0v) is 12.2. The van der Waals surface area contributed by atoms with Crippen LogP contribution in [0.5, 0.6) is 0 Å². The molecule has 0 amide bonds. The second-order valence-electron chi connectivity index (χ2n) is 4.75. The van der Waals surface area contributed by atoms with Gasteiger partial charge in [-0.3, -0.25) is 5.43 Å². The van der Waals surface area contributed by atoms with Gasteiger partial charge in [-0.2, -0.15) is 27.6 Å². The lowest BCUT2D eigenvalue weighted by Gasteiger charge is -2.04. The zero-order valence-electron chi connectivity index (χ0n) is 12.2. The lowest BCUT2D eigenvalue weighted by atomic mass is 10.1. The molecule has 0 atom stereocenters. The van der Waals surface area contributed by atoms with E-state index in [1.54, 1.807) is 6.07 Å². The normalized spacial score (nSPS) is 11.2. The van der Waals surface area contributed by atoms with Crippen LogP contribution in [0.2, 0.25) is 0 Å². The largest absolute Gasteiger partial charge is 0.455 e. The number of nitrogens with one attached hydrogen (secondary N) is 1. The number of furan rings is 1. The fourth-order valence-electron chi connectivity index (χ4n) is 1.97. The van der Waals surface area contributed by atoms with Gasteiger partial charge in [0.05, 0.1) is 11.8 Å². The number of benzene rings is 1. The van der Waals surface area contributed by atoms with E-state index in [0.29, 0.717) is 0 Å². The van der Waals surface area contributed by atoms with Gasteiger partial charge >= 0.3 is 0 Å². The Kier molecular flexibility index (Phi) is 4.46. The summed E-state index contributed by atoms with van der Waals surface area (Å²) in [6.45, 7) is 0. The van der Waals surface area contributed by atoms with E-state index in [-0.39, 0.29) is 17.1 Å². The average molecular weight is 353 g/mol. The molecule has 0 saturated carbocycles. The van der Waals surface area contributed by atoms with Gasteiger partial charge < -0.3 is 4.42 Å². The summed E-state index contributed by atoms with van der Waals surface area (Å²) in [7, 11) is 0. The standard InChI is InChI=1S/C16H8F5N3O/c17-10-4-2-1-3-9(10)11-6-5-8(25-11)7-22-24-14-12(18)15(20)23-16(21)13(14)19/h1-7H,(H,23,24)/b22-7-. The van der Waals surface area contributed by atoms with Gasteiger partial charge in [0.2, 0.25) is 11.6 Å². The predicted octanol–water partition coefficient (Wildman–Crippen LogP) is 4.48. The third-order valence-corrected chi connectivity index (χ3v) is 3.13. The van der Waals surface area contributed by atoms with Crippen molar-refractivity contribution in [2.45, 2.75) is 0 Å². The SMILES string of the molecule is Fc1ccccc1-c1ccc(/C=N\Nc2c(F)c(F)nc(F)c2F)o1. The Morgan fingerprint density at radius 1 is 0.920 bits per heavy atom. The molecule has 0 spiro atoms. The Morgan fingerprint density at radius 2 is 1.60 bits per heavy atom. The van der Waals surface area contributed by atoms with Gasteiger partial charge in [0, 0.05) is 0 Å². The highest BCUT2D eigenvalue weighted by Crippen LogP contribution is 2.25. The minimum atomic E-state index is -1.81. The van der Waals surface area contributed by atoms with Gasteiger partial charge in [0.15, 0.2) is 0 Å². The molecule has 0 fully saturated rings. The van der Waals surface area contributed by atoms with Crippen LogP contribution in [0.15, 0.2) is 45.9 Å². The maximum atomic E-state index is 13.7. The first-order chi connectivity index (χ1) is 12.0. The van der Waals surface area contributed by atoms with Gasteiger partial charge in [0.1, 0.15) is 23.0 Å². The van der Waals surface area contributed by atoms with Crippen molar-refractivity contribution in [3.63, 3.8) is 0 Å². The van der Waals surface area contributed by atoms with Crippen LogP contribution in [0, 0.1) is 29.3 Å². The monoisotopic (exact) mass is 353 g/mol. The summed E-state index contributed by atoms with van der Waals surface area (Å²) in [5.41, 5.74) is 0.914. The summed E-state index contributed by atoms with van der Waals surface area (Å²) >= 11 is 0. The number of rotatable bonds is 4. The first kappa shape index (κ1) is 16.6. The first-order valence-corrected chi connectivity index (χ1v) is 6.81. The predicted molar refractivity (Wildman–Crippen MR) is 79.4 cm³/mol. The van der Waals surface area contributed by atoms with E-state index in [4.69, 9.17) is 4.42 Å². The lowest BCUT2D eigenvalue weighted by molar-refractivity contribution is 0.411. The van der Waals surface area contributed by atoms with Crippen LogP contribution in [0.25, 0.3) is 11.3 Å². The van der Waals surface area contributed by atoms with Crippen LogP contribution in [-0.4, -0.2) is 11.2 Å². The first-order valence-electron chi connectivity index (χ1n) is 6.81. The van der Waals surface area contributed by atoms with E-state index in [0.717, 1.165) is 6.21 Å². The molecule has 0 bridgehead atoms. The molecule has 1 N–H and O–H groups in total. The molecular weight excluding hydrogens is 345 g/mol. The molecule has 0 aliphatic heterocycles. The van der Waals surface area contributed by atoms with Crippen LogP contribution in [-0.2, 0) is 0 Å². The molecule has 3 rings (SSSR count). The van der Waals surface area contributed by atoms with Gasteiger partial charge in [-0.25, -0.2) is 4.39 Å². The Bertz CT molecular complexity index is 929. The molecule has 2 aromatic heterocycles. The molecule has 0 aliphatic rings. The molecule has 9 heteroatoms. The van der Waals surface area contributed by atoms with E-state index < -0.39 is 35.0 Å². The second-order valence-corrected chi connectivity index (χ2v) is 4.75. The van der Waals surface area contributed by atoms with Crippen LogP contribution in [0.3, 0.4) is 0 Å². The van der Waals surface area contributed by atoms with E-state index in [1.807, 2.05) is 5.43 Å². The third kappa shape index (κ3) is 3.35. The third-order valence-electron chi connectivity index (χ3n) is 3.13. The Morgan fingerprint density at radius 3 is 2.28 bits per heavy atom. The summed E-state index contributed by atoms with van der Waals surface area (Å²) in [6, 6.07) is 8.78. The van der Waals surface area contributed by atoms with Gasteiger partial charge in [-0.05, 0) is 24.3 Å². The van der Waals surface area contributed by atoms with Gasteiger partial charge in [-0.15, -0.1) is 0 Å². The number of aromatic nitrogens is 1. The summed E-state index contributed by atoms with van der Waals surface area (Å²) in [6.07, 6.45) is 0.999. The van der Waals surface area contributed by atoms with Gasteiger partial charge in [0.25, 0.3) is 11.9 Å². The van der Waals surface area contributed by atoms with E-state index in [2.05, 4.69) is 10.1 Å². The number of anilines is 1. The van der Waals surface area contributed by atoms with Crippen molar-refractivity contribution in [1.82, 2.24) is 4.98 Å². The molecule has 128 valence electrons. The van der Waals surface area contributed by atoms with Crippen molar-refractivity contribution in [2.75, 3.05) is 5.43 Å². The summed E-state index contributed by atoms with van der Waals surface area (Å²) < 4.78 is 71.7. The molecule has 0 unspecified atom stereocenters. The highest BCUT2D eigenvalue weighted by Gasteiger charge is 2.20. The van der Waals surface area contributed by atoms with Crippen molar-refractivity contribution >= 4 is 11.9 Å². The maximum Gasteiger partial charge on any atom is 0.254 e. The van der Waals surface area contributed by atoms with Crippen LogP contribution < -0.4 is 5.43 Å². The summed E-state index contributed by atoms with van der Waals surface area (Å²) in [5, 5.41) is 3.44. The van der Waals surface area contributed by atoms with Crippen molar-refractivity contribution in [2.24, 2.45) is 5.10 Å². The van der Waals surface area contributed by atoms with Crippen LogP contribution in [0.1, 0.15) is 5.76 Å². The molecule has 2 heterocycles.